The molecule has 0 saturated carbocycles. The highest BCUT2D eigenvalue weighted by atomic mass is 16.5. The van der Waals surface area contributed by atoms with Gasteiger partial charge in [0, 0.05) is 25.1 Å². The molecule has 2 amide bonds. The molecular formula is C20H28N4O5. The fraction of sp³-hybridized carbons (Fsp3) is 0.500. The average Bonchev–Trinajstić information content (AvgIpc) is 3.09. The fourth-order valence-electron chi connectivity index (χ4n) is 2.67. The third kappa shape index (κ3) is 7.81. The number of carbonyl (C=O) groups is 2. The van der Waals surface area contributed by atoms with Crippen molar-refractivity contribution in [2.45, 2.75) is 46.8 Å². The first-order chi connectivity index (χ1) is 13.9. The van der Waals surface area contributed by atoms with Crippen LogP contribution in [0.2, 0.25) is 0 Å². The minimum atomic E-state index is -0.481. The topological polar surface area (TPSA) is 116 Å². The number of rotatable bonds is 10. The van der Waals surface area contributed by atoms with Crippen LogP contribution < -0.4 is 15.4 Å². The zero-order valence-corrected chi connectivity index (χ0v) is 17.2. The summed E-state index contributed by atoms with van der Waals surface area (Å²) in [5.74, 6) is 1.65. The summed E-state index contributed by atoms with van der Waals surface area (Å²) in [6.45, 7) is 8.34. The minimum absolute atomic E-state index is 0.180. The largest absolute Gasteiger partial charge is 0.485 e. The van der Waals surface area contributed by atoms with E-state index in [1.54, 1.807) is 38.1 Å². The third-order valence-electron chi connectivity index (χ3n) is 3.92. The van der Waals surface area contributed by atoms with Crippen molar-refractivity contribution in [3.63, 3.8) is 0 Å². The van der Waals surface area contributed by atoms with Crippen LogP contribution in [0, 0.1) is 12.8 Å². The van der Waals surface area contributed by atoms with E-state index >= 15 is 0 Å². The predicted molar refractivity (Wildman–Crippen MR) is 106 cm³/mol. The number of hydrogen-bond donors (Lipinski definition) is 2. The van der Waals surface area contributed by atoms with Crippen LogP contribution in [-0.2, 0) is 11.3 Å². The van der Waals surface area contributed by atoms with Gasteiger partial charge in [0.15, 0.2) is 6.61 Å². The SMILES string of the molecule is CCOC(=O)NC(CNC(=O)c1ccc(OCc2noc(C)n2)cc1)CC(C)C. The molecular weight excluding hydrogens is 376 g/mol. The molecule has 0 aliphatic rings. The molecule has 1 atom stereocenters. The Morgan fingerprint density at radius 2 is 1.93 bits per heavy atom. The van der Waals surface area contributed by atoms with Crippen LogP contribution in [0.4, 0.5) is 4.79 Å². The molecule has 1 unspecified atom stereocenters. The summed E-state index contributed by atoms with van der Waals surface area (Å²) in [6, 6.07) is 6.53. The van der Waals surface area contributed by atoms with Crippen molar-refractivity contribution in [3.8, 4) is 5.75 Å². The van der Waals surface area contributed by atoms with Crippen LogP contribution in [0.15, 0.2) is 28.8 Å². The lowest BCUT2D eigenvalue weighted by Crippen LogP contribution is -2.44. The molecule has 29 heavy (non-hydrogen) atoms. The molecule has 0 fully saturated rings. The molecule has 0 saturated heterocycles. The highest BCUT2D eigenvalue weighted by molar-refractivity contribution is 5.94. The maximum Gasteiger partial charge on any atom is 0.407 e. The fourth-order valence-corrected chi connectivity index (χ4v) is 2.67. The van der Waals surface area contributed by atoms with Crippen LogP contribution >= 0.6 is 0 Å². The normalized spacial score (nSPS) is 11.8. The molecule has 9 heteroatoms. The molecule has 0 aliphatic heterocycles. The van der Waals surface area contributed by atoms with E-state index in [-0.39, 0.29) is 18.6 Å². The van der Waals surface area contributed by atoms with Gasteiger partial charge in [-0.1, -0.05) is 19.0 Å². The van der Waals surface area contributed by atoms with Crippen molar-refractivity contribution in [1.82, 2.24) is 20.8 Å². The van der Waals surface area contributed by atoms with E-state index in [0.29, 0.717) is 42.1 Å². The first kappa shape index (κ1) is 22.2. The van der Waals surface area contributed by atoms with Gasteiger partial charge in [-0.15, -0.1) is 0 Å². The van der Waals surface area contributed by atoms with Gasteiger partial charge >= 0.3 is 6.09 Å². The molecule has 2 N–H and O–H groups in total. The van der Waals surface area contributed by atoms with Crippen molar-refractivity contribution in [2.24, 2.45) is 5.92 Å². The summed E-state index contributed by atoms with van der Waals surface area (Å²) in [6.07, 6.45) is 0.243. The van der Waals surface area contributed by atoms with Gasteiger partial charge < -0.3 is 24.6 Å². The smallest absolute Gasteiger partial charge is 0.407 e. The average molecular weight is 404 g/mol. The Balaban J connectivity index is 1.85. The van der Waals surface area contributed by atoms with Gasteiger partial charge in [0.1, 0.15) is 5.75 Å². The van der Waals surface area contributed by atoms with Gasteiger partial charge in [0.25, 0.3) is 5.91 Å². The molecule has 0 spiro atoms. The van der Waals surface area contributed by atoms with Gasteiger partial charge in [-0.25, -0.2) is 4.79 Å². The van der Waals surface area contributed by atoms with Crippen LogP contribution in [0.5, 0.6) is 5.75 Å². The summed E-state index contributed by atoms with van der Waals surface area (Å²) in [5, 5.41) is 9.39. The Labute approximate surface area is 170 Å². The number of carbonyl (C=O) groups excluding carboxylic acids is 2. The molecule has 2 aromatic rings. The number of aryl methyl sites for hydroxylation is 1. The maximum absolute atomic E-state index is 12.4. The van der Waals surface area contributed by atoms with Gasteiger partial charge in [0.2, 0.25) is 11.7 Å². The van der Waals surface area contributed by atoms with Crippen molar-refractivity contribution in [1.29, 1.82) is 0 Å². The van der Waals surface area contributed by atoms with Gasteiger partial charge in [0.05, 0.1) is 6.61 Å². The molecule has 1 aromatic heterocycles. The molecule has 158 valence electrons. The number of aromatic nitrogens is 2. The highest BCUT2D eigenvalue weighted by Gasteiger charge is 2.16. The van der Waals surface area contributed by atoms with E-state index in [4.69, 9.17) is 14.0 Å². The molecule has 0 radical (unpaired) electrons. The highest BCUT2D eigenvalue weighted by Crippen LogP contribution is 2.14. The second kappa shape index (κ2) is 11.0. The molecule has 0 aliphatic carbocycles. The number of amides is 2. The predicted octanol–water partition coefficient (Wildman–Crippen LogP) is 2.85. The Morgan fingerprint density at radius 3 is 2.52 bits per heavy atom. The van der Waals surface area contributed by atoms with Crippen LogP contribution in [0.1, 0.15) is 49.3 Å². The monoisotopic (exact) mass is 404 g/mol. The Morgan fingerprint density at radius 1 is 1.21 bits per heavy atom. The summed E-state index contributed by atoms with van der Waals surface area (Å²) < 4.78 is 15.4. The van der Waals surface area contributed by atoms with E-state index in [2.05, 4.69) is 34.6 Å². The molecule has 0 bridgehead atoms. The van der Waals surface area contributed by atoms with Crippen LogP contribution in [0.25, 0.3) is 0 Å². The van der Waals surface area contributed by atoms with Gasteiger partial charge in [-0.3, -0.25) is 4.79 Å². The second-order valence-corrected chi connectivity index (χ2v) is 6.94. The van der Waals surface area contributed by atoms with Crippen molar-refractivity contribution in [3.05, 3.63) is 41.5 Å². The molecule has 1 aromatic carbocycles. The van der Waals surface area contributed by atoms with Gasteiger partial charge in [-0.2, -0.15) is 4.98 Å². The van der Waals surface area contributed by atoms with E-state index < -0.39 is 6.09 Å². The maximum atomic E-state index is 12.4. The first-order valence-electron chi connectivity index (χ1n) is 9.61. The second-order valence-electron chi connectivity index (χ2n) is 6.94. The van der Waals surface area contributed by atoms with Crippen molar-refractivity contribution >= 4 is 12.0 Å². The quantitative estimate of drug-likeness (QED) is 0.625. The van der Waals surface area contributed by atoms with E-state index in [1.807, 2.05) is 0 Å². The Bertz CT molecular complexity index is 788. The standard InChI is InChI=1S/C20H28N4O5/c1-5-27-20(26)23-16(10-13(2)3)11-21-19(25)15-6-8-17(9-7-15)28-12-18-22-14(4)29-24-18/h6-9,13,16H,5,10-12H2,1-4H3,(H,21,25)(H,23,26). The van der Waals surface area contributed by atoms with Gasteiger partial charge in [-0.05, 0) is 43.5 Å². The van der Waals surface area contributed by atoms with Crippen LogP contribution in [0.3, 0.4) is 0 Å². The van der Waals surface area contributed by atoms with E-state index in [1.165, 1.54) is 0 Å². The lowest BCUT2D eigenvalue weighted by molar-refractivity contribution is 0.0944. The zero-order valence-electron chi connectivity index (χ0n) is 17.2. The minimum Gasteiger partial charge on any atom is -0.485 e. The number of hydrogen-bond acceptors (Lipinski definition) is 7. The van der Waals surface area contributed by atoms with Crippen LogP contribution in [-0.4, -0.2) is 41.3 Å². The summed E-state index contributed by atoms with van der Waals surface area (Å²) in [5.41, 5.74) is 0.493. The molecule has 1 heterocycles. The molecule has 2 rings (SSSR count). The number of nitrogens with one attached hydrogen (secondary N) is 2. The number of benzene rings is 1. The lowest BCUT2D eigenvalue weighted by atomic mass is 10.0. The third-order valence-corrected chi connectivity index (χ3v) is 3.92. The number of nitrogens with zero attached hydrogens (tertiary/aromatic N) is 2. The molecule has 9 nitrogen and oxygen atoms in total. The zero-order chi connectivity index (χ0) is 21.2. The number of ether oxygens (including phenoxy) is 2. The van der Waals surface area contributed by atoms with Crippen molar-refractivity contribution < 1.29 is 23.6 Å². The first-order valence-corrected chi connectivity index (χ1v) is 9.61. The Hall–Kier alpha value is -3.10. The number of alkyl carbamates (subject to hydrolysis) is 1. The van der Waals surface area contributed by atoms with E-state index in [9.17, 15) is 9.59 Å². The summed E-state index contributed by atoms with van der Waals surface area (Å²) in [7, 11) is 0. The lowest BCUT2D eigenvalue weighted by Gasteiger charge is -2.20. The van der Waals surface area contributed by atoms with Crippen molar-refractivity contribution in [2.75, 3.05) is 13.2 Å². The van der Waals surface area contributed by atoms with E-state index in [0.717, 1.165) is 6.42 Å². The summed E-state index contributed by atoms with van der Waals surface area (Å²) >= 11 is 0. The summed E-state index contributed by atoms with van der Waals surface area (Å²) in [4.78, 5) is 28.1. The Kier molecular flexibility index (Phi) is 8.45.